The molecule has 2 rings (SSSR count). The Labute approximate surface area is 144 Å². The third-order valence-electron chi connectivity index (χ3n) is 5.13. The van der Waals surface area contributed by atoms with E-state index in [0.29, 0.717) is 25.2 Å². The van der Waals surface area contributed by atoms with Crippen LogP contribution < -0.4 is 5.32 Å². The van der Waals surface area contributed by atoms with Gasteiger partial charge in [-0.05, 0) is 51.0 Å². The molecule has 1 unspecified atom stereocenters. The molecule has 2 aliphatic rings. The average Bonchev–Trinajstić information content (AvgIpc) is 2.60. The zero-order valence-electron chi connectivity index (χ0n) is 14.6. The molecule has 6 heteroatoms. The average molecular weight is 343 g/mol. The van der Waals surface area contributed by atoms with Crippen molar-refractivity contribution < 1.29 is 24.5 Å². The third kappa shape index (κ3) is 7.92. The smallest absolute Gasteiger partial charge is 0.329 e. The van der Waals surface area contributed by atoms with Gasteiger partial charge < -0.3 is 25.0 Å². The SMILES string of the molecule is O=C(O)COC1CCC(CNCC(O)COC2CCCCC2)CC1. The van der Waals surface area contributed by atoms with Gasteiger partial charge in [-0.15, -0.1) is 0 Å². The fourth-order valence-electron chi connectivity index (χ4n) is 3.68. The van der Waals surface area contributed by atoms with Crippen molar-refractivity contribution >= 4 is 5.97 Å². The minimum atomic E-state index is -0.900. The highest BCUT2D eigenvalue weighted by molar-refractivity contribution is 5.68. The topological polar surface area (TPSA) is 88.0 Å². The molecule has 0 aromatic carbocycles. The maximum absolute atomic E-state index is 10.5. The van der Waals surface area contributed by atoms with Gasteiger partial charge in [0.15, 0.2) is 0 Å². The Kier molecular flexibility index (Phi) is 9.02. The number of aliphatic carboxylic acids is 1. The Morgan fingerprint density at radius 3 is 2.33 bits per heavy atom. The molecule has 2 fully saturated rings. The number of carboxylic acids is 1. The van der Waals surface area contributed by atoms with Gasteiger partial charge in [0.25, 0.3) is 0 Å². The Balaban J connectivity index is 1.47. The molecule has 0 aliphatic heterocycles. The summed E-state index contributed by atoms with van der Waals surface area (Å²) in [5, 5.41) is 22.0. The number of aliphatic hydroxyl groups excluding tert-OH is 1. The molecule has 0 bridgehead atoms. The fraction of sp³-hybridized carbons (Fsp3) is 0.944. The Hall–Kier alpha value is -0.690. The maximum Gasteiger partial charge on any atom is 0.329 e. The Morgan fingerprint density at radius 1 is 1.00 bits per heavy atom. The van der Waals surface area contributed by atoms with E-state index >= 15 is 0 Å². The van der Waals surface area contributed by atoms with E-state index in [4.69, 9.17) is 14.6 Å². The van der Waals surface area contributed by atoms with Gasteiger partial charge in [0, 0.05) is 6.54 Å². The first-order chi connectivity index (χ1) is 11.6. The monoisotopic (exact) mass is 343 g/mol. The standard InChI is InChI=1S/C18H33NO5/c20-15(12-23-16-4-2-1-3-5-16)11-19-10-14-6-8-17(9-7-14)24-13-18(21)22/h14-17,19-20H,1-13H2,(H,21,22). The molecular formula is C18H33NO5. The van der Waals surface area contributed by atoms with Crippen LogP contribution in [0, 0.1) is 5.92 Å². The van der Waals surface area contributed by atoms with Crippen LogP contribution >= 0.6 is 0 Å². The highest BCUT2D eigenvalue weighted by Crippen LogP contribution is 2.25. The second-order valence-corrected chi connectivity index (χ2v) is 7.25. The lowest BCUT2D eigenvalue weighted by molar-refractivity contribution is -0.145. The third-order valence-corrected chi connectivity index (χ3v) is 5.13. The first-order valence-corrected chi connectivity index (χ1v) is 9.47. The minimum absolute atomic E-state index is 0.0897. The van der Waals surface area contributed by atoms with Gasteiger partial charge in [-0.1, -0.05) is 19.3 Å². The number of nitrogens with one attached hydrogen (secondary N) is 1. The van der Waals surface area contributed by atoms with E-state index < -0.39 is 12.1 Å². The van der Waals surface area contributed by atoms with Gasteiger partial charge in [0.1, 0.15) is 6.61 Å². The van der Waals surface area contributed by atoms with Crippen molar-refractivity contribution in [2.45, 2.75) is 76.1 Å². The summed E-state index contributed by atoms with van der Waals surface area (Å²) in [5.74, 6) is -0.315. The predicted octanol–water partition coefficient (Wildman–Crippen LogP) is 1.95. The van der Waals surface area contributed by atoms with Crippen molar-refractivity contribution in [1.82, 2.24) is 5.32 Å². The van der Waals surface area contributed by atoms with Crippen LogP contribution in [0.5, 0.6) is 0 Å². The minimum Gasteiger partial charge on any atom is -0.480 e. The van der Waals surface area contributed by atoms with Gasteiger partial charge in [-0.25, -0.2) is 4.79 Å². The second kappa shape index (κ2) is 11.0. The first-order valence-electron chi connectivity index (χ1n) is 9.47. The lowest BCUT2D eigenvalue weighted by Crippen LogP contribution is -2.36. The number of hydrogen-bond donors (Lipinski definition) is 3. The van der Waals surface area contributed by atoms with Crippen LogP contribution in [0.15, 0.2) is 0 Å². The molecule has 1 atom stereocenters. The lowest BCUT2D eigenvalue weighted by atomic mass is 9.87. The van der Waals surface area contributed by atoms with Crippen LogP contribution in [0.25, 0.3) is 0 Å². The summed E-state index contributed by atoms with van der Waals surface area (Å²) in [6.45, 7) is 1.70. The van der Waals surface area contributed by atoms with E-state index in [1.54, 1.807) is 0 Å². The largest absolute Gasteiger partial charge is 0.480 e. The molecule has 2 saturated carbocycles. The summed E-state index contributed by atoms with van der Waals surface area (Å²) in [5.41, 5.74) is 0. The van der Waals surface area contributed by atoms with Crippen LogP contribution in [-0.4, -0.2) is 60.8 Å². The molecule has 0 spiro atoms. The van der Waals surface area contributed by atoms with Crippen molar-refractivity contribution in [2.75, 3.05) is 26.3 Å². The van der Waals surface area contributed by atoms with Gasteiger partial charge >= 0.3 is 5.97 Å². The molecule has 3 N–H and O–H groups in total. The zero-order valence-corrected chi connectivity index (χ0v) is 14.6. The van der Waals surface area contributed by atoms with Gasteiger partial charge in [0.2, 0.25) is 0 Å². The summed E-state index contributed by atoms with van der Waals surface area (Å²) < 4.78 is 11.1. The van der Waals surface area contributed by atoms with Gasteiger partial charge in [-0.2, -0.15) is 0 Å². The molecule has 0 amide bonds. The number of ether oxygens (including phenoxy) is 2. The molecule has 0 heterocycles. The van der Waals surface area contributed by atoms with Crippen LogP contribution in [0.4, 0.5) is 0 Å². The van der Waals surface area contributed by atoms with E-state index in [2.05, 4.69) is 5.32 Å². The highest BCUT2D eigenvalue weighted by atomic mass is 16.5. The molecule has 24 heavy (non-hydrogen) atoms. The number of hydrogen-bond acceptors (Lipinski definition) is 5. The van der Waals surface area contributed by atoms with Crippen LogP contribution in [-0.2, 0) is 14.3 Å². The Bertz CT molecular complexity index is 351. The molecule has 2 aliphatic carbocycles. The predicted molar refractivity (Wildman–Crippen MR) is 91.0 cm³/mol. The second-order valence-electron chi connectivity index (χ2n) is 7.25. The summed E-state index contributed by atoms with van der Waals surface area (Å²) in [7, 11) is 0. The number of rotatable bonds is 10. The lowest BCUT2D eigenvalue weighted by Gasteiger charge is -2.28. The number of carbonyl (C=O) groups is 1. The van der Waals surface area contributed by atoms with Crippen molar-refractivity contribution in [3.8, 4) is 0 Å². The van der Waals surface area contributed by atoms with E-state index in [-0.39, 0.29) is 12.7 Å². The zero-order chi connectivity index (χ0) is 17.2. The van der Waals surface area contributed by atoms with Crippen molar-refractivity contribution in [1.29, 1.82) is 0 Å². The summed E-state index contributed by atoms with van der Waals surface area (Å²) in [6, 6.07) is 0. The molecule has 0 aromatic heterocycles. The molecular weight excluding hydrogens is 310 g/mol. The van der Waals surface area contributed by atoms with E-state index in [1.165, 1.54) is 19.3 Å². The van der Waals surface area contributed by atoms with Gasteiger partial charge in [-0.3, -0.25) is 0 Å². The summed E-state index contributed by atoms with van der Waals surface area (Å²) in [6.07, 6.45) is 10.0. The van der Waals surface area contributed by atoms with Gasteiger partial charge in [0.05, 0.1) is 24.9 Å². The molecule has 6 nitrogen and oxygen atoms in total. The summed E-state index contributed by atoms with van der Waals surface area (Å²) >= 11 is 0. The Morgan fingerprint density at radius 2 is 1.67 bits per heavy atom. The maximum atomic E-state index is 10.5. The highest BCUT2D eigenvalue weighted by Gasteiger charge is 2.22. The van der Waals surface area contributed by atoms with E-state index in [1.807, 2.05) is 0 Å². The number of aliphatic hydroxyl groups is 1. The summed E-state index contributed by atoms with van der Waals surface area (Å²) in [4.78, 5) is 10.5. The fourth-order valence-corrected chi connectivity index (χ4v) is 3.68. The molecule has 140 valence electrons. The van der Waals surface area contributed by atoms with Crippen LogP contribution in [0.2, 0.25) is 0 Å². The normalized spacial score (nSPS) is 27.0. The van der Waals surface area contributed by atoms with Crippen LogP contribution in [0.1, 0.15) is 57.8 Å². The van der Waals surface area contributed by atoms with E-state index in [9.17, 15) is 9.90 Å². The van der Waals surface area contributed by atoms with Crippen molar-refractivity contribution in [3.05, 3.63) is 0 Å². The van der Waals surface area contributed by atoms with Crippen molar-refractivity contribution in [2.24, 2.45) is 5.92 Å². The van der Waals surface area contributed by atoms with Crippen molar-refractivity contribution in [3.63, 3.8) is 0 Å². The number of carboxylic acid groups (broad SMARTS) is 1. The first kappa shape index (κ1) is 19.6. The van der Waals surface area contributed by atoms with E-state index in [0.717, 1.165) is 45.1 Å². The molecule has 0 aromatic rings. The molecule has 0 saturated heterocycles. The quantitative estimate of drug-likeness (QED) is 0.562. The van der Waals surface area contributed by atoms with Crippen LogP contribution in [0.3, 0.4) is 0 Å². The molecule has 0 radical (unpaired) electrons.